The minimum absolute atomic E-state index is 0.251. The van der Waals surface area contributed by atoms with E-state index in [1.807, 2.05) is 19.6 Å². The van der Waals surface area contributed by atoms with E-state index in [0.29, 0.717) is 18.3 Å². The lowest BCUT2D eigenvalue weighted by Gasteiger charge is -2.32. The molecule has 0 amide bonds. The molecule has 0 saturated carbocycles. The molecule has 118 valence electrons. The summed E-state index contributed by atoms with van der Waals surface area (Å²) in [6, 6.07) is 6.36. The van der Waals surface area contributed by atoms with Crippen LogP contribution < -0.4 is 4.74 Å². The molecule has 2 aromatic rings. The number of halogens is 1. The van der Waals surface area contributed by atoms with Crippen molar-refractivity contribution in [2.45, 2.75) is 19.4 Å². The quantitative estimate of drug-likeness (QED) is 0.851. The summed E-state index contributed by atoms with van der Waals surface area (Å²) in [4.78, 5) is 6.61. The predicted octanol–water partition coefficient (Wildman–Crippen LogP) is 2.85. The normalized spacial score (nSPS) is 19.3. The molecule has 4 nitrogen and oxygen atoms in total. The first kappa shape index (κ1) is 15.0. The topological polar surface area (TPSA) is 30.3 Å². The smallest absolute Gasteiger partial charge is 0.126 e. The molecule has 1 aromatic carbocycles. The van der Waals surface area contributed by atoms with Crippen LogP contribution in [0.1, 0.15) is 18.5 Å². The number of likely N-dealkylation sites (tertiary alicyclic amines) is 1. The van der Waals surface area contributed by atoms with E-state index < -0.39 is 0 Å². The van der Waals surface area contributed by atoms with Crippen LogP contribution in [-0.4, -0.2) is 34.1 Å². The van der Waals surface area contributed by atoms with Crippen LogP contribution in [0.3, 0.4) is 0 Å². The summed E-state index contributed by atoms with van der Waals surface area (Å²) >= 11 is 0. The molecule has 5 heteroatoms. The lowest BCUT2D eigenvalue weighted by molar-refractivity contribution is 0.123. The van der Waals surface area contributed by atoms with Gasteiger partial charge < -0.3 is 9.30 Å². The van der Waals surface area contributed by atoms with Gasteiger partial charge in [-0.3, -0.25) is 4.90 Å². The molecule has 1 aliphatic heterocycles. The first-order valence-electron chi connectivity index (χ1n) is 7.76. The Morgan fingerprint density at radius 1 is 1.41 bits per heavy atom. The van der Waals surface area contributed by atoms with Crippen molar-refractivity contribution in [3.63, 3.8) is 0 Å². The van der Waals surface area contributed by atoms with Crippen LogP contribution in [0.5, 0.6) is 5.75 Å². The highest BCUT2D eigenvalue weighted by Crippen LogP contribution is 2.20. The van der Waals surface area contributed by atoms with Crippen molar-refractivity contribution < 1.29 is 9.13 Å². The number of aryl methyl sites for hydroxylation is 1. The van der Waals surface area contributed by atoms with Crippen LogP contribution in [0.25, 0.3) is 0 Å². The highest BCUT2D eigenvalue weighted by Gasteiger charge is 2.21. The van der Waals surface area contributed by atoms with Gasteiger partial charge in [-0.05, 0) is 31.5 Å². The van der Waals surface area contributed by atoms with Gasteiger partial charge in [0.2, 0.25) is 0 Å². The van der Waals surface area contributed by atoms with Crippen LogP contribution in [-0.2, 0) is 13.6 Å². The molecule has 0 bridgehead atoms. The summed E-state index contributed by atoms with van der Waals surface area (Å²) in [6.07, 6.45) is 6.10. The molecule has 1 saturated heterocycles. The summed E-state index contributed by atoms with van der Waals surface area (Å²) in [7, 11) is 2.02. The second-order valence-corrected chi connectivity index (χ2v) is 6.01. The molecule has 2 heterocycles. The van der Waals surface area contributed by atoms with E-state index in [-0.39, 0.29) is 5.82 Å². The number of imidazole rings is 1. The maximum atomic E-state index is 13.1. The second kappa shape index (κ2) is 6.92. The Labute approximate surface area is 130 Å². The van der Waals surface area contributed by atoms with Crippen LogP contribution in [0, 0.1) is 11.7 Å². The van der Waals surface area contributed by atoms with Crippen molar-refractivity contribution in [3.05, 3.63) is 48.3 Å². The van der Waals surface area contributed by atoms with Gasteiger partial charge in [-0.15, -0.1) is 0 Å². The molecule has 1 fully saturated rings. The molecule has 0 spiro atoms. The summed E-state index contributed by atoms with van der Waals surface area (Å²) in [5, 5.41) is 0. The van der Waals surface area contributed by atoms with Gasteiger partial charge in [0.15, 0.2) is 0 Å². The van der Waals surface area contributed by atoms with Crippen LogP contribution >= 0.6 is 0 Å². The fraction of sp³-hybridized carbons (Fsp3) is 0.471. The first-order chi connectivity index (χ1) is 10.7. The highest BCUT2D eigenvalue weighted by molar-refractivity contribution is 5.22. The third-order valence-corrected chi connectivity index (χ3v) is 4.19. The standard InChI is InChI=1S/C17H22FN3O/c1-20-13-19-9-16(20)11-21-7-3-4-14(10-21)12-22-17-6-2-5-15(18)8-17/h2,5-6,8-9,13-14H,3-4,7,10-12H2,1H3. The molecular weight excluding hydrogens is 281 g/mol. The molecule has 1 aromatic heterocycles. The fourth-order valence-electron chi connectivity index (χ4n) is 2.97. The molecule has 1 atom stereocenters. The Bertz CT molecular complexity index is 613. The van der Waals surface area contributed by atoms with Gasteiger partial charge in [0.1, 0.15) is 11.6 Å². The summed E-state index contributed by atoms with van der Waals surface area (Å²) < 4.78 is 21.0. The van der Waals surface area contributed by atoms with Crippen molar-refractivity contribution in [3.8, 4) is 5.75 Å². The molecule has 3 rings (SSSR count). The number of piperidine rings is 1. The SMILES string of the molecule is Cn1cncc1CN1CCCC(COc2cccc(F)c2)C1. The van der Waals surface area contributed by atoms with E-state index in [1.165, 1.54) is 24.2 Å². The summed E-state index contributed by atoms with van der Waals surface area (Å²) in [5.74, 6) is 0.855. The maximum Gasteiger partial charge on any atom is 0.126 e. The van der Waals surface area contributed by atoms with Crippen molar-refractivity contribution in [1.29, 1.82) is 0 Å². The monoisotopic (exact) mass is 303 g/mol. The first-order valence-corrected chi connectivity index (χ1v) is 7.76. The number of ether oxygens (including phenoxy) is 1. The van der Waals surface area contributed by atoms with Crippen LogP contribution in [0.15, 0.2) is 36.8 Å². The average molecular weight is 303 g/mol. The molecule has 0 radical (unpaired) electrons. The maximum absolute atomic E-state index is 13.1. The van der Waals surface area contributed by atoms with Gasteiger partial charge in [-0.1, -0.05) is 6.07 Å². The van der Waals surface area contributed by atoms with Gasteiger partial charge in [-0.25, -0.2) is 9.37 Å². The van der Waals surface area contributed by atoms with Crippen molar-refractivity contribution in [2.75, 3.05) is 19.7 Å². The number of hydrogen-bond donors (Lipinski definition) is 0. The lowest BCUT2D eigenvalue weighted by atomic mass is 9.99. The Hall–Kier alpha value is -1.88. The van der Waals surface area contributed by atoms with E-state index in [2.05, 4.69) is 14.5 Å². The largest absolute Gasteiger partial charge is 0.493 e. The number of benzene rings is 1. The third-order valence-electron chi connectivity index (χ3n) is 4.19. The number of aromatic nitrogens is 2. The zero-order chi connectivity index (χ0) is 15.4. The molecule has 1 aliphatic rings. The Balaban J connectivity index is 1.51. The van der Waals surface area contributed by atoms with E-state index in [1.54, 1.807) is 12.1 Å². The van der Waals surface area contributed by atoms with E-state index in [0.717, 1.165) is 26.1 Å². The van der Waals surface area contributed by atoms with Gasteiger partial charge in [0, 0.05) is 38.3 Å². The summed E-state index contributed by atoms with van der Waals surface area (Å²) in [5.41, 5.74) is 1.23. The van der Waals surface area contributed by atoms with Gasteiger partial charge >= 0.3 is 0 Å². The number of rotatable bonds is 5. The van der Waals surface area contributed by atoms with Crippen molar-refractivity contribution in [2.24, 2.45) is 13.0 Å². The van der Waals surface area contributed by atoms with E-state index >= 15 is 0 Å². The Morgan fingerprint density at radius 2 is 2.32 bits per heavy atom. The number of nitrogens with zero attached hydrogens (tertiary/aromatic N) is 3. The molecule has 1 unspecified atom stereocenters. The molecular formula is C17H22FN3O. The predicted molar refractivity (Wildman–Crippen MR) is 83.1 cm³/mol. The number of hydrogen-bond acceptors (Lipinski definition) is 3. The van der Waals surface area contributed by atoms with Crippen LogP contribution in [0.2, 0.25) is 0 Å². The van der Waals surface area contributed by atoms with Gasteiger partial charge in [0.25, 0.3) is 0 Å². The molecule has 22 heavy (non-hydrogen) atoms. The second-order valence-electron chi connectivity index (χ2n) is 6.01. The summed E-state index contributed by atoms with van der Waals surface area (Å²) in [6.45, 7) is 3.69. The molecule has 0 N–H and O–H groups in total. The lowest BCUT2D eigenvalue weighted by Crippen LogP contribution is -2.37. The van der Waals surface area contributed by atoms with Crippen LogP contribution in [0.4, 0.5) is 4.39 Å². The Morgan fingerprint density at radius 3 is 3.09 bits per heavy atom. The fourth-order valence-corrected chi connectivity index (χ4v) is 2.97. The highest BCUT2D eigenvalue weighted by atomic mass is 19.1. The zero-order valence-electron chi connectivity index (χ0n) is 12.9. The zero-order valence-corrected chi connectivity index (χ0v) is 12.9. The Kier molecular flexibility index (Phi) is 4.73. The van der Waals surface area contributed by atoms with Crippen molar-refractivity contribution in [1.82, 2.24) is 14.5 Å². The minimum atomic E-state index is -0.251. The average Bonchev–Trinajstić information content (AvgIpc) is 2.91. The van der Waals surface area contributed by atoms with Crippen molar-refractivity contribution >= 4 is 0 Å². The minimum Gasteiger partial charge on any atom is -0.493 e. The van der Waals surface area contributed by atoms with E-state index in [9.17, 15) is 4.39 Å². The van der Waals surface area contributed by atoms with Gasteiger partial charge in [-0.2, -0.15) is 0 Å². The van der Waals surface area contributed by atoms with Gasteiger partial charge in [0.05, 0.1) is 18.6 Å². The van der Waals surface area contributed by atoms with E-state index in [4.69, 9.17) is 4.74 Å². The third kappa shape index (κ3) is 3.85. The molecule has 0 aliphatic carbocycles.